The van der Waals surface area contributed by atoms with Crippen LogP contribution in [0.1, 0.15) is 16.7 Å². The topological polar surface area (TPSA) is 79.6 Å². The largest absolute Gasteiger partial charge is 0.464 e. The van der Waals surface area contributed by atoms with Gasteiger partial charge in [0, 0.05) is 24.0 Å². The van der Waals surface area contributed by atoms with Crippen molar-refractivity contribution in [2.45, 2.75) is 20.3 Å². The number of nitrogens with zero attached hydrogens (tertiary/aromatic N) is 1. The summed E-state index contributed by atoms with van der Waals surface area (Å²) in [5, 5.41) is 3.43. The van der Waals surface area contributed by atoms with Crippen LogP contribution in [-0.2, 0) is 16.0 Å². The molecule has 1 aliphatic rings. The van der Waals surface area contributed by atoms with E-state index in [1.165, 1.54) is 4.90 Å². The SMILES string of the molecule is Cc1cc2occ(CC(=O)NCCN3C(=O)CSC3=O)c2cc1C. The van der Waals surface area contributed by atoms with Crippen molar-refractivity contribution in [3.05, 3.63) is 35.1 Å². The lowest BCUT2D eigenvalue weighted by Crippen LogP contribution is -2.37. The van der Waals surface area contributed by atoms with E-state index < -0.39 is 0 Å². The van der Waals surface area contributed by atoms with Crippen LogP contribution in [0.2, 0.25) is 0 Å². The third kappa shape index (κ3) is 3.31. The minimum atomic E-state index is -0.249. The average molecular weight is 346 g/mol. The third-order valence-corrected chi connectivity index (χ3v) is 4.98. The van der Waals surface area contributed by atoms with Gasteiger partial charge in [-0.05, 0) is 37.1 Å². The van der Waals surface area contributed by atoms with E-state index in [-0.39, 0.29) is 42.3 Å². The van der Waals surface area contributed by atoms with Crippen molar-refractivity contribution in [3.8, 4) is 0 Å². The van der Waals surface area contributed by atoms with E-state index in [9.17, 15) is 14.4 Å². The van der Waals surface area contributed by atoms with Crippen molar-refractivity contribution in [2.24, 2.45) is 0 Å². The van der Waals surface area contributed by atoms with Gasteiger partial charge in [-0.3, -0.25) is 19.3 Å². The molecule has 126 valence electrons. The molecule has 0 spiro atoms. The predicted octanol–water partition coefficient (Wildman–Crippen LogP) is 2.40. The lowest BCUT2D eigenvalue weighted by Gasteiger charge is -2.12. The van der Waals surface area contributed by atoms with E-state index in [4.69, 9.17) is 4.42 Å². The van der Waals surface area contributed by atoms with Crippen LogP contribution < -0.4 is 5.32 Å². The van der Waals surface area contributed by atoms with Gasteiger partial charge in [-0.2, -0.15) is 0 Å². The van der Waals surface area contributed by atoms with E-state index in [0.29, 0.717) is 0 Å². The van der Waals surface area contributed by atoms with E-state index in [2.05, 4.69) is 5.32 Å². The summed E-state index contributed by atoms with van der Waals surface area (Å²) in [5.74, 6) is -0.180. The molecule has 3 rings (SSSR count). The Morgan fingerprint density at radius 1 is 1.29 bits per heavy atom. The lowest BCUT2D eigenvalue weighted by atomic mass is 10.0. The van der Waals surface area contributed by atoms with Crippen LogP contribution in [-0.4, -0.2) is 40.8 Å². The Hall–Kier alpha value is -2.28. The average Bonchev–Trinajstić information content (AvgIpc) is 3.05. The van der Waals surface area contributed by atoms with Crippen LogP contribution in [0.5, 0.6) is 0 Å². The number of hydrogen-bond acceptors (Lipinski definition) is 5. The molecular formula is C17H18N2O4S. The standard InChI is InChI=1S/C17H18N2O4S/c1-10-5-13-12(8-23-14(13)6-11(10)2)7-15(20)18-3-4-19-16(21)9-24-17(19)22/h5-6,8H,3-4,7,9H2,1-2H3,(H,18,20). The first-order valence-corrected chi connectivity index (χ1v) is 8.65. The third-order valence-electron chi connectivity index (χ3n) is 4.12. The van der Waals surface area contributed by atoms with E-state index >= 15 is 0 Å². The quantitative estimate of drug-likeness (QED) is 0.899. The van der Waals surface area contributed by atoms with Crippen molar-refractivity contribution < 1.29 is 18.8 Å². The molecule has 2 aromatic rings. The maximum atomic E-state index is 12.1. The summed E-state index contributed by atoms with van der Waals surface area (Å²) in [6.07, 6.45) is 1.80. The lowest BCUT2D eigenvalue weighted by molar-refractivity contribution is -0.125. The molecule has 1 saturated heterocycles. The van der Waals surface area contributed by atoms with Crippen molar-refractivity contribution in [1.29, 1.82) is 0 Å². The van der Waals surface area contributed by atoms with Crippen LogP contribution in [0.3, 0.4) is 0 Å². The Morgan fingerprint density at radius 2 is 2.04 bits per heavy atom. The second kappa shape index (κ2) is 6.68. The van der Waals surface area contributed by atoms with Gasteiger partial charge in [-0.15, -0.1) is 0 Å². The Morgan fingerprint density at radius 3 is 2.75 bits per heavy atom. The number of nitrogens with one attached hydrogen (secondary N) is 1. The van der Waals surface area contributed by atoms with Crippen molar-refractivity contribution in [3.63, 3.8) is 0 Å². The molecule has 2 heterocycles. The van der Waals surface area contributed by atoms with Gasteiger partial charge < -0.3 is 9.73 Å². The van der Waals surface area contributed by atoms with Crippen LogP contribution in [0.25, 0.3) is 11.0 Å². The summed E-state index contributed by atoms with van der Waals surface area (Å²) in [4.78, 5) is 36.2. The van der Waals surface area contributed by atoms with Crippen molar-refractivity contribution in [2.75, 3.05) is 18.8 Å². The number of rotatable bonds is 5. The van der Waals surface area contributed by atoms with Gasteiger partial charge >= 0.3 is 0 Å². The maximum absolute atomic E-state index is 12.1. The second-order valence-electron chi connectivity index (χ2n) is 5.82. The Labute approximate surface area is 143 Å². The number of carbonyl (C=O) groups excluding carboxylic acids is 3. The Bertz CT molecular complexity index is 811. The monoisotopic (exact) mass is 346 g/mol. The van der Waals surface area contributed by atoms with Gasteiger partial charge in [0.05, 0.1) is 18.4 Å². The number of hydrogen-bond donors (Lipinski definition) is 1. The zero-order valence-corrected chi connectivity index (χ0v) is 14.4. The van der Waals surface area contributed by atoms with Crippen LogP contribution in [0.4, 0.5) is 4.79 Å². The van der Waals surface area contributed by atoms with Crippen LogP contribution in [0, 0.1) is 13.8 Å². The van der Waals surface area contributed by atoms with Gasteiger partial charge in [0.1, 0.15) is 5.58 Å². The van der Waals surface area contributed by atoms with Gasteiger partial charge in [0.2, 0.25) is 11.8 Å². The fraction of sp³-hybridized carbons (Fsp3) is 0.353. The summed E-state index contributed by atoms with van der Waals surface area (Å²) < 4.78 is 5.52. The van der Waals surface area contributed by atoms with Crippen molar-refractivity contribution >= 4 is 39.8 Å². The number of aryl methyl sites for hydroxylation is 2. The van der Waals surface area contributed by atoms with Gasteiger partial charge in [0.15, 0.2) is 0 Å². The van der Waals surface area contributed by atoms with Gasteiger partial charge in [-0.25, -0.2) is 0 Å². The molecule has 0 radical (unpaired) electrons. The molecule has 1 N–H and O–H groups in total. The van der Waals surface area contributed by atoms with Crippen LogP contribution >= 0.6 is 11.8 Å². The number of thioether (sulfide) groups is 1. The summed E-state index contributed by atoms with van der Waals surface area (Å²) in [7, 11) is 0. The molecule has 3 amide bonds. The number of imide groups is 1. The zero-order chi connectivity index (χ0) is 17.3. The Kier molecular flexibility index (Phi) is 4.62. The summed E-state index contributed by atoms with van der Waals surface area (Å²) in [6, 6.07) is 3.99. The first-order valence-electron chi connectivity index (χ1n) is 7.67. The summed E-state index contributed by atoms with van der Waals surface area (Å²) >= 11 is 0.992. The molecule has 1 aromatic carbocycles. The smallest absolute Gasteiger partial charge is 0.288 e. The fourth-order valence-corrected chi connectivity index (χ4v) is 3.36. The second-order valence-corrected chi connectivity index (χ2v) is 6.75. The zero-order valence-electron chi connectivity index (χ0n) is 13.5. The minimum Gasteiger partial charge on any atom is -0.464 e. The highest BCUT2D eigenvalue weighted by molar-refractivity contribution is 8.14. The molecule has 0 atom stereocenters. The molecule has 0 aliphatic carbocycles. The molecule has 1 aromatic heterocycles. The molecule has 7 heteroatoms. The highest BCUT2D eigenvalue weighted by Crippen LogP contribution is 2.25. The van der Waals surface area contributed by atoms with E-state index in [1.807, 2.05) is 26.0 Å². The van der Waals surface area contributed by atoms with Crippen molar-refractivity contribution in [1.82, 2.24) is 10.2 Å². The fourth-order valence-electron chi connectivity index (χ4n) is 2.61. The number of furan rings is 1. The molecule has 1 fully saturated rings. The normalized spacial score (nSPS) is 14.7. The summed E-state index contributed by atoms with van der Waals surface area (Å²) in [6.45, 7) is 4.50. The van der Waals surface area contributed by atoms with E-state index in [1.54, 1.807) is 6.26 Å². The van der Waals surface area contributed by atoms with Gasteiger partial charge in [-0.1, -0.05) is 11.8 Å². The van der Waals surface area contributed by atoms with Gasteiger partial charge in [0.25, 0.3) is 5.24 Å². The summed E-state index contributed by atoms with van der Waals surface area (Å²) in [5.41, 5.74) is 3.89. The first kappa shape index (κ1) is 16.6. The highest BCUT2D eigenvalue weighted by atomic mass is 32.2. The Balaban J connectivity index is 1.58. The minimum absolute atomic E-state index is 0.164. The molecular weight excluding hydrogens is 328 g/mol. The molecule has 6 nitrogen and oxygen atoms in total. The molecule has 1 aliphatic heterocycles. The predicted molar refractivity (Wildman–Crippen MR) is 92.0 cm³/mol. The molecule has 0 saturated carbocycles. The molecule has 24 heavy (non-hydrogen) atoms. The maximum Gasteiger partial charge on any atom is 0.288 e. The number of amides is 3. The number of carbonyl (C=O) groups is 3. The molecule has 0 bridgehead atoms. The number of fused-ring (bicyclic) bond motifs is 1. The van der Waals surface area contributed by atoms with E-state index in [0.717, 1.165) is 39.4 Å². The number of benzene rings is 1. The first-order chi connectivity index (χ1) is 11.5. The highest BCUT2D eigenvalue weighted by Gasteiger charge is 2.29. The molecule has 0 unspecified atom stereocenters. The van der Waals surface area contributed by atoms with Crippen LogP contribution in [0.15, 0.2) is 22.8 Å².